The maximum absolute atomic E-state index is 11.3. The predicted molar refractivity (Wildman–Crippen MR) is 82.6 cm³/mol. The molecule has 2 aromatic rings. The topological polar surface area (TPSA) is 57.7 Å². The molecule has 0 aliphatic heterocycles. The number of pyridine rings is 1. The van der Waals surface area contributed by atoms with Crippen LogP contribution in [0.2, 0.25) is 5.02 Å². The van der Waals surface area contributed by atoms with E-state index in [0.29, 0.717) is 22.4 Å². The number of carbonyl (C=O) groups excluding carboxylic acids is 1. The SMILES string of the molecule is COC(=O)[C@@H](C)Oc1ccc(Oc2ncc(Cl)cc2C)cc1. The summed E-state index contributed by atoms with van der Waals surface area (Å²) < 4.78 is 15.7. The molecule has 116 valence electrons. The molecule has 0 N–H and O–H groups in total. The first kappa shape index (κ1) is 16.1. The van der Waals surface area contributed by atoms with Gasteiger partial charge in [0.15, 0.2) is 6.10 Å². The third-order valence-electron chi connectivity index (χ3n) is 2.88. The molecule has 2 rings (SSSR count). The summed E-state index contributed by atoms with van der Waals surface area (Å²) in [4.78, 5) is 15.4. The number of hydrogen-bond acceptors (Lipinski definition) is 5. The second kappa shape index (κ2) is 7.13. The second-order valence-electron chi connectivity index (χ2n) is 4.63. The number of hydrogen-bond donors (Lipinski definition) is 0. The molecule has 0 unspecified atom stereocenters. The van der Waals surface area contributed by atoms with E-state index in [-0.39, 0.29) is 0 Å². The average molecular weight is 322 g/mol. The van der Waals surface area contributed by atoms with Gasteiger partial charge in [-0.2, -0.15) is 0 Å². The molecule has 0 radical (unpaired) electrons. The van der Waals surface area contributed by atoms with Gasteiger partial charge in [0.25, 0.3) is 0 Å². The first-order chi connectivity index (χ1) is 10.5. The minimum absolute atomic E-state index is 0.429. The summed E-state index contributed by atoms with van der Waals surface area (Å²) in [5, 5.41) is 0.561. The molecule has 5 nitrogen and oxygen atoms in total. The average Bonchev–Trinajstić information content (AvgIpc) is 2.51. The van der Waals surface area contributed by atoms with Crippen LogP contribution in [0.4, 0.5) is 0 Å². The number of esters is 1. The normalized spacial score (nSPS) is 11.6. The van der Waals surface area contributed by atoms with Gasteiger partial charge in [-0.05, 0) is 44.2 Å². The van der Waals surface area contributed by atoms with Gasteiger partial charge in [-0.15, -0.1) is 0 Å². The largest absolute Gasteiger partial charge is 0.479 e. The Morgan fingerprint density at radius 2 is 1.86 bits per heavy atom. The van der Waals surface area contributed by atoms with E-state index in [2.05, 4.69) is 9.72 Å². The maximum Gasteiger partial charge on any atom is 0.346 e. The van der Waals surface area contributed by atoms with Gasteiger partial charge in [-0.25, -0.2) is 9.78 Å². The van der Waals surface area contributed by atoms with Crippen LogP contribution < -0.4 is 9.47 Å². The Morgan fingerprint density at radius 3 is 2.45 bits per heavy atom. The van der Waals surface area contributed by atoms with Crippen molar-refractivity contribution in [2.24, 2.45) is 0 Å². The van der Waals surface area contributed by atoms with Crippen molar-refractivity contribution in [3.8, 4) is 17.4 Å². The van der Waals surface area contributed by atoms with E-state index in [1.54, 1.807) is 37.3 Å². The molecule has 0 amide bonds. The Bertz CT molecular complexity index is 658. The van der Waals surface area contributed by atoms with E-state index in [1.807, 2.05) is 6.92 Å². The smallest absolute Gasteiger partial charge is 0.346 e. The van der Waals surface area contributed by atoms with Gasteiger partial charge >= 0.3 is 5.97 Å². The Kier molecular flexibility index (Phi) is 5.22. The molecule has 0 aliphatic rings. The number of aromatic nitrogens is 1. The molecule has 0 spiro atoms. The second-order valence-corrected chi connectivity index (χ2v) is 5.07. The highest BCUT2D eigenvalue weighted by Crippen LogP contribution is 2.26. The predicted octanol–water partition coefficient (Wildman–Crippen LogP) is 3.78. The lowest BCUT2D eigenvalue weighted by atomic mass is 10.3. The Morgan fingerprint density at radius 1 is 1.23 bits per heavy atom. The van der Waals surface area contributed by atoms with Crippen molar-refractivity contribution in [3.05, 3.63) is 47.1 Å². The molecular formula is C16H16ClNO4. The molecule has 0 fully saturated rings. The van der Waals surface area contributed by atoms with Gasteiger partial charge in [0.1, 0.15) is 11.5 Å². The molecule has 0 saturated carbocycles. The number of nitrogens with zero attached hydrogens (tertiary/aromatic N) is 1. The molecule has 0 bridgehead atoms. The molecule has 0 saturated heterocycles. The highest BCUT2D eigenvalue weighted by Gasteiger charge is 2.14. The van der Waals surface area contributed by atoms with E-state index < -0.39 is 12.1 Å². The lowest BCUT2D eigenvalue weighted by Gasteiger charge is -2.13. The van der Waals surface area contributed by atoms with Crippen molar-refractivity contribution in [1.82, 2.24) is 4.98 Å². The van der Waals surface area contributed by atoms with Gasteiger partial charge in [0, 0.05) is 11.8 Å². The van der Waals surface area contributed by atoms with Crippen LogP contribution in [-0.2, 0) is 9.53 Å². The number of methoxy groups -OCH3 is 1. The molecule has 6 heteroatoms. The molecule has 1 aromatic heterocycles. The van der Waals surface area contributed by atoms with Crippen LogP contribution in [0.25, 0.3) is 0 Å². The fourth-order valence-electron chi connectivity index (χ4n) is 1.75. The van der Waals surface area contributed by atoms with E-state index in [9.17, 15) is 4.79 Å². The van der Waals surface area contributed by atoms with Gasteiger partial charge in [-0.1, -0.05) is 11.6 Å². The third-order valence-corrected chi connectivity index (χ3v) is 3.09. The van der Waals surface area contributed by atoms with Crippen molar-refractivity contribution < 1.29 is 19.0 Å². The van der Waals surface area contributed by atoms with Gasteiger partial charge in [0.2, 0.25) is 5.88 Å². The first-order valence-electron chi connectivity index (χ1n) is 6.64. The highest BCUT2D eigenvalue weighted by atomic mass is 35.5. The Labute approximate surface area is 133 Å². The Hall–Kier alpha value is -2.27. The van der Waals surface area contributed by atoms with E-state index in [0.717, 1.165) is 5.56 Å². The minimum Gasteiger partial charge on any atom is -0.479 e. The summed E-state index contributed by atoms with van der Waals surface area (Å²) in [6, 6.07) is 8.66. The van der Waals surface area contributed by atoms with Crippen LogP contribution in [0.3, 0.4) is 0 Å². The molecule has 1 atom stereocenters. The van der Waals surface area contributed by atoms with E-state index >= 15 is 0 Å². The van der Waals surface area contributed by atoms with Crippen molar-refractivity contribution in [2.75, 3.05) is 7.11 Å². The zero-order valence-corrected chi connectivity index (χ0v) is 13.3. The zero-order chi connectivity index (χ0) is 16.1. The van der Waals surface area contributed by atoms with Crippen LogP contribution in [0.5, 0.6) is 17.4 Å². The minimum atomic E-state index is -0.669. The number of benzene rings is 1. The first-order valence-corrected chi connectivity index (χ1v) is 7.02. The van der Waals surface area contributed by atoms with Crippen molar-refractivity contribution in [2.45, 2.75) is 20.0 Å². The maximum atomic E-state index is 11.3. The number of rotatable bonds is 5. The van der Waals surface area contributed by atoms with Gasteiger partial charge in [-0.3, -0.25) is 0 Å². The third kappa shape index (κ3) is 4.11. The summed E-state index contributed by atoms with van der Waals surface area (Å²) in [5.74, 6) is 1.21. The summed E-state index contributed by atoms with van der Waals surface area (Å²) in [5.41, 5.74) is 0.840. The highest BCUT2D eigenvalue weighted by molar-refractivity contribution is 6.30. The fourth-order valence-corrected chi connectivity index (χ4v) is 1.96. The van der Waals surface area contributed by atoms with Crippen LogP contribution >= 0.6 is 11.6 Å². The lowest BCUT2D eigenvalue weighted by molar-refractivity contribution is -0.147. The number of aryl methyl sites for hydroxylation is 1. The van der Waals surface area contributed by atoms with Crippen LogP contribution in [0.1, 0.15) is 12.5 Å². The summed E-state index contributed by atoms with van der Waals surface area (Å²) >= 11 is 5.85. The van der Waals surface area contributed by atoms with E-state index in [1.165, 1.54) is 13.3 Å². The van der Waals surface area contributed by atoms with Crippen LogP contribution in [0, 0.1) is 6.92 Å². The van der Waals surface area contributed by atoms with Gasteiger partial charge in [0.05, 0.1) is 12.1 Å². The quantitative estimate of drug-likeness (QED) is 0.784. The summed E-state index contributed by atoms with van der Waals surface area (Å²) in [6.07, 6.45) is 0.858. The van der Waals surface area contributed by atoms with E-state index in [4.69, 9.17) is 21.1 Å². The van der Waals surface area contributed by atoms with Crippen molar-refractivity contribution in [1.29, 1.82) is 0 Å². The number of halogens is 1. The van der Waals surface area contributed by atoms with Crippen LogP contribution in [0.15, 0.2) is 36.5 Å². The van der Waals surface area contributed by atoms with Crippen LogP contribution in [-0.4, -0.2) is 24.2 Å². The number of ether oxygens (including phenoxy) is 3. The summed E-state index contributed by atoms with van der Waals surface area (Å²) in [7, 11) is 1.32. The van der Waals surface area contributed by atoms with Crippen molar-refractivity contribution >= 4 is 17.6 Å². The molecule has 1 aromatic carbocycles. The monoisotopic (exact) mass is 321 g/mol. The van der Waals surface area contributed by atoms with Crippen molar-refractivity contribution in [3.63, 3.8) is 0 Å². The molecular weight excluding hydrogens is 306 g/mol. The Balaban J connectivity index is 2.04. The molecule has 1 heterocycles. The fraction of sp³-hybridized carbons (Fsp3) is 0.250. The summed E-state index contributed by atoms with van der Waals surface area (Å²) in [6.45, 7) is 3.49. The zero-order valence-electron chi connectivity index (χ0n) is 12.5. The number of carbonyl (C=O) groups is 1. The standard InChI is InChI=1S/C16H16ClNO4/c1-10-8-12(17)9-18-15(10)22-14-6-4-13(5-7-14)21-11(2)16(19)20-3/h4-9,11H,1-3H3/t11-/m1/s1. The molecule has 0 aliphatic carbocycles. The lowest BCUT2D eigenvalue weighted by Crippen LogP contribution is -2.24. The van der Waals surface area contributed by atoms with Gasteiger partial charge < -0.3 is 14.2 Å². The molecule has 22 heavy (non-hydrogen) atoms.